The van der Waals surface area contributed by atoms with Gasteiger partial charge in [-0.15, -0.1) is 0 Å². The van der Waals surface area contributed by atoms with Gasteiger partial charge < -0.3 is 4.74 Å². The lowest BCUT2D eigenvalue weighted by atomic mass is 10.2. The van der Waals surface area contributed by atoms with Crippen LogP contribution >= 0.6 is 0 Å². The number of rotatable bonds is 10. The van der Waals surface area contributed by atoms with Crippen molar-refractivity contribution in [2.75, 3.05) is 13.2 Å². The Balaban J connectivity index is 1.73. The maximum absolute atomic E-state index is 11.6. The third-order valence-electron chi connectivity index (χ3n) is 3.52. The minimum Gasteiger partial charge on any atom is -0.362 e. The first kappa shape index (κ1) is 22.8. The van der Waals surface area contributed by atoms with Crippen LogP contribution in [0, 0.1) is 20.2 Å². The van der Waals surface area contributed by atoms with E-state index in [1.807, 2.05) is 0 Å². The van der Waals surface area contributed by atoms with Gasteiger partial charge in [0.05, 0.1) is 33.4 Å². The predicted molar refractivity (Wildman–Crippen MR) is 108 cm³/mol. The lowest BCUT2D eigenvalue weighted by Gasteiger charge is -2.02. The molecule has 0 saturated carbocycles. The van der Waals surface area contributed by atoms with Crippen molar-refractivity contribution in [2.24, 2.45) is 10.2 Å². The second-order valence-corrected chi connectivity index (χ2v) is 5.71. The summed E-state index contributed by atoms with van der Waals surface area (Å²) in [6, 6.07) is 11.7. The summed E-state index contributed by atoms with van der Waals surface area (Å²) < 4.78 is 4.90. The number of carbonyl (C=O) groups is 2. The highest BCUT2D eigenvalue weighted by Gasteiger charge is 2.11. The van der Waals surface area contributed by atoms with Crippen LogP contribution in [0.15, 0.2) is 58.7 Å². The molecule has 0 fully saturated rings. The van der Waals surface area contributed by atoms with Crippen molar-refractivity contribution in [3.8, 4) is 0 Å². The molecule has 0 bridgehead atoms. The number of nitro benzene ring substituents is 2. The summed E-state index contributed by atoms with van der Waals surface area (Å²) in [5, 5.41) is 29.0. The molecule has 0 aromatic heterocycles. The lowest BCUT2D eigenvalue weighted by molar-refractivity contribution is -0.385. The van der Waals surface area contributed by atoms with Crippen molar-refractivity contribution in [2.45, 2.75) is 0 Å². The van der Waals surface area contributed by atoms with E-state index in [2.05, 4.69) is 21.1 Å². The molecule has 0 aliphatic rings. The van der Waals surface area contributed by atoms with Gasteiger partial charge in [0.25, 0.3) is 23.2 Å². The number of hydrogen-bond acceptors (Lipinski definition) is 9. The third-order valence-corrected chi connectivity index (χ3v) is 3.52. The largest absolute Gasteiger partial charge is 0.362 e. The number of hydrogen-bond donors (Lipinski definition) is 2. The summed E-state index contributed by atoms with van der Waals surface area (Å²) in [5.41, 5.74) is 4.28. The Hall–Kier alpha value is -4.52. The number of ether oxygens (including phenoxy) is 1. The fourth-order valence-electron chi connectivity index (χ4n) is 2.17. The molecular weight excluding hydrogens is 412 g/mol. The molecule has 13 heteroatoms. The van der Waals surface area contributed by atoms with Crippen molar-refractivity contribution in [1.82, 2.24) is 10.9 Å². The number of benzene rings is 2. The van der Waals surface area contributed by atoms with Crippen molar-refractivity contribution in [1.29, 1.82) is 0 Å². The molecule has 2 aromatic rings. The smallest absolute Gasteiger partial charge is 0.278 e. The van der Waals surface area contributed by atoms with Crippen molar-refractivity contribution in [3.63, 3.8) is 0 Å². The second kappa shape index (κ2) is 11.5. The van der Waals surface area contributed by atoms with Crippen LogP contribution in [0.25, 0.3) is 0 Å². The highest BCUT2D eigenvalue weighted by atomic mass is 16.6. The molecule has 0 spiro atoms. The molecule has 0 atom stereocenters. The van der Waals surface area contributed by atoms with Gasteiger partial charge in [0, 0.05) is 12.1 Å². The third kappa shape index (κ3) is 7.43. The van der Waals surface area contributed by atoms with Crippen LogP contribution in [-0.2, 0) is 14.3 Å². The van der Waals surface area contributed by atoms with Gasteiger partial charge in [0.2, 0.25) is 0 Å². The zero-order chi connectivity index (χ0) is 22.6. The molecule has 0 heterocycles. The van der Waals surface area contributed by atoms with E-state index < -0.39 is 34.9 Å². The molecule has 13 nitrogen and oxygen atoms in total. The molecule has 160 valence electrons. The number of nitro groups is 2. The molecule has 0 aliphatic heterocycles. The zero-order valence-electron chi connectivity index (χ0n) is 15.8. The van der Waals surface area contributed by atoms with Gasteiger partial charge in [0.15, 0.2) is 0 Å². The first-order valence-electron chi connectivity index (χ1n) is 8.57. The van der Waals surface area contributed by atoms with Gasteiger partial charge in [-0.3, -0.25) is 29.8 Å². The number of amides is 2. The molecular formula is C18H16N6O7. The van der Waals surface area contributed by atoms with Crippen molar-refractivity contribution >= 4 is 35.6 Å². The Labute approximate surface area is 174 Å². The van der Waals surface area contributed by atoms with E-state index in [9.17, 15) is 29.8 Å². The summed E-state index contributed by atoms with van der Waals surface area (Å²) in [7, 11) is 0. The monoisotopic (exact) mass is 428 g/mol. The van der Waals surface area contributed by atoms with Crippen LogP contribution < -0.4 is 10.9 Å². The standard InChI is InChI=1S/C18H16N6O7/c25-17(21-19-9-13-5-1-3-7-15(13)23(27)28)11-31-12-18(26)22-20-10-14-6-2-4-8-16(14)24(29)30/h1-10H,11-12H2,(H,21,25)(H,22,26)/b19-9+,20-10+. The number of hydrazone groups is 2. The van der Waals surface area contributed by atoms with Crippen LogP contribution in [0.1, 0.15) is 11.1 Å². The predicted octanol–water partition coefficient (Wildman–Crippen LogP) is 1.12. The molecule has 2 aromatic carbocycles. The van der Waals surface area contributed by atoms with Gasteiger partial charge in [-0.2, -0.15) is 10.2 Å². The molecule has 2 amide bonds. The van der Waals surface area contributed by atoms with Crippen LogP contribution in [0.3, 0.4) is 0 Å². The maximum Gasteiger partial charge on any atom is 0.278 e. The van der Waals surface area contributed by atoms with Crippen LogP contribution in [0.5, 0.6) is 0 Å². The Bertz CT molecular complexity index is 956. The molecule has 0 unspecified atom stereocenters. The number of nitrogens with one attached hydrogen (secondary N) is 2. The molecule has 2 rings (SSSR count). The van der Waals surface area contributed by atoms with Gasteiger partial charge >= 0.3 is 0 Å². The second-order valence-electron chi connectivity index (χ2n) is 5.71. The minimum atomic E-state index is -0.689. The fraction of sp³-hybridized carbons (Fsp3) is 0.111. The van der Waals surface area contributed by atoms with E-state index in [1.165, 1.54) is 36.4 Å². The Morgan fingerprint density at radius 1 is 0.806 bits per heavy atom. The highest BCUT2D eigenvalue weighted by molar-refractivity contribution is 5.87. The van der Waals surface area contributed by atoms with E-state index in [-0.39, 0.29) is 22.5 Å². The maximum atomic E-state index is 11.6. The van der Waals surface area contributed by atoms with E-state index in [1.54, 1.807) is 12.1 Å². The van der Waals surface area contributed by atoms with E-state index in [4.69, 9.17) is 4.74 Å². The quantitative estimate of drug-likeness (QED) is 0.323. The lowest BCUT2D eigenvalue weighted by Crippen LogP contribution is -2.28. The molecule has 0 radical (unpaired) electrons. The SMILES string of the molecule is O=C(COCC(=O)N/N=C/c1ccccc1[N+](=O)[O-])N/N=C/c1ccccc1[N+](=O)[O-]. The van der Waals surface area contributed by atoms with Gasteiger partial charge in [-0.1, -0.05) is 24.3 Å². The summed E-state index contributed by atoms with van der Waals surface area (Å²) in [5.74, 6) is -1.38. The first-order chi connectivity index (χ1) is 14.9. The van der Waals surface area contributed by atoms with Crippen LogP contribution in [0.2, 0.25) is 0 Å². The Morgan fingerprint density at radius 2 is 1.19 bits per heavy atom. The number of carbonyl (C=O) groups excluding carboxylic acids is 2. The molecule has 0 aliphatic carbocycles. The normalized spacial score (nSPS) is 10.8. The topological polar surface area (TPSA) is 178 Å². The molecule has 31 heavy (non-hydrogen) atoms. The van der Waals surface area contributed by atoms with Crippen molar-refractivity contribution < 1.29 is 24.2 Å². The molecule has 0 saturated heterocycles. The zero-order valence-corrected chi connectivity index (χ0v) is 15.8. The minimum absolute atomic E-state index is 0.171. The summed E-state index contributed by atoms with van der Waals surface area (Å²) >= 11 is 0. The fourth-order valence-corrected chi connectivity index (χ4v) is 2.17. The van der Waals surface area contributed by atoms with Gasteiger partial charge in [0.1, 0.15) is 13.2 Å². The van der Waals surface area contributed by atoms with E-state index >= 15 is 0 Å². The van der Waals surface area contributed by atoms with Gasteiger partial charge in [-0.05, 0) is 12.1 Å². The van der Waals surface area contributed by atoms with E-state index in [0.29, 0.717) is 0 Å². The summed E-state index contributed by atoms with van der Waals surface area (Å²) in [6.45, 7) is -1.01. The van der Waals surface area contributed by atoms with Crippen LogP contribution in [-0.4, -0.2) is 47.3 Å². The first-order valence-corrected chi connectivity index (χ1v) is 8.57. The average molecular weight is 428 g/mol. The van der Waals surface area contributed by atoms with Gasteiger partial charge in [-0.25, -0.2) is 10.9 Å². The number of nitrogens with zero attached hydrogens (tertiary/aromatic N) is 4. The molecule has 2 N–H and O–H groups in total. The van der Waals surface area contributed by atoms with Crippen molar-refractivity contribution in [3.05, 3.63) is 79.9 Å². The average Bonchev–Trinajstić information content (AvgIpc) is 2.74. The number of para-hydroxylation sites is 2. The Kier molecular flexibility index (Phi) is 8.43. The Morgan fingerprint density at radius 3 is 1.58 bits per heavy atom. The summed E-state index contributed by atoms with van der Waals surface area (Å²) in [4.78, 5) is 43.9. The van der Waals surface area contributed by atoms with E-state index in [0.717, 1.165) is 12.4 Å². The summed E-state index contributed by atoms with van der Waals surface area (Å²) in [6.07, 6.45) is 2.22. The van der Waals surface area contributed by atoms with Crippen LogP contribution in [0.4, 0.5) is 11.4 Å². The highest BCUT2D eigenvalue weighted by Crippen LogP contribution is 2.15.